The molecule has 2 rings (SSSR count). The number of benzene rings is 2. The molecule has 5 N–H and O–H groups in total. The molecule has 0 fully saturated rings. The fourth-order valence-electron chi connectivity index (χ4n) is 1.80. The molecule has 0 unspecified atom stereocenters. The third-order valence-corrected chi connectivity index (χ3v) is 3.54. The number of ether oxygens (including phenoxy) is 1. The van der Waals surface area contributed by atoms with Crippen LogP contribution in [0.25, 0.3) is 0 Å². The molecule has 0 aliphatic rings. The summed E-state index contributed by atoms with van der Waals surface area (Å²) in [6, 6.07) is 13.7. The Balaban J connectivity index is 0.00000264. The zero-order valence-electron chi connectivity index (χ0n) is 12.2. The monoisotopic (exact) mass is 382 g/mol. The molecule has 0 amide bonds. The van der Waals surface area contributed by atoms with Crippen molar-refractivity contribution in [2.75, 3.05) is 6.61 Å². The lowest BCUT2D eigenvalue weighted by Crippen LogP contribution is -2.73. The minimum absolute atomic E-state index is 0. The average molecular weight is 383 g/mol. The third-order valence-electron chi connectivity index (χ3n) is 3.01. The van der Waals surface area contributed by atoms with Crippen LogP contribution in [0.2, 0.25) is 0 Å². The van der Waals surface area contributed by atoms with Crippen LogP contribution in [-0.2, 0) is 16.0 Å². The van der Waals surface area contributed by atoms with E-state index < -0.39 is 5.97 Å². The number of esters is 1. The van der Waals surface area contributed by atoms with Gasteiger partial charge in [0, 0.05) is 22.2 Å². The van der Waals surface area contributed by atoms with Crippen molar-refractivity contribution in [3.05, 3.63) is 64.1 Å². The maximum atomic E-state index is 11.9. The summed E-state index contributed by atoms with van der Waals surface area (Å²) in [4.78, 5) is 23.6. The summed E-state index contributed by atoms with van der Waals surface area (Å²) in [6.45, 7) is -0.294. The van der Waals surface area contributed by atoms with Crippen molar-refractivity contribution in [1.29, 1.82) is 0 Å². The van der Waals surface area contributed by atoms with Gasteiger partial charge >= 0.3 is 5.97 Å². The lowest BCUT2D eigenvalue weighted by atomic mass is 10.1. The predicted molar refractivity (Wildman–Crippen MR) is 86.6 cm³/mol. The van der Waals surface area contributed by atoms with Crippen molar-refractivity contribution < 1.29 is 30.5 Å². The van der Waals surface area contributed by atoms with Gasteiger partial charge in [0.2, 0.25) is 0 Å². The zero-order chi connectivity index (χ0) is 15.9. The van der Waals surface area contributed by atoms with E-state index in [0.29, 0.717) is 11.3 Å². The Kier molecular flexibility index (Phi) is 7.56. The van der Waals surface area contributed by atoms with E-state index in [-0.39, 0.29) is 24.3 Å². The van der Waals surface area contributed by atoms with E-state index in [4.69, 9.17) is 9.94 Å². The van der Waals surface area contributed by atoms with Crippen LogP contribution in [0.3, 0.4) is 0 Å². The smallest absolute Gasteiger partial charge is 0.310 e. The van der Waals surface area contributed by atoms with E-state index in [2.05, 4.69) is 15.9 Å². The summed E-state index contributed by atoms with van der Waals surface area (Å²) in [7, 11) is 0. The van der Waals surface area contributed by atoms with E-state index in [1.807, 2.05) is 24.3 Å². The number of rotatable bonds is 6. The molecule has 0 spiro atoms. The highest BCUT2D eigenvalue weighted by Crippen LogP contribution is 2.11. The fourth-order valence-corrected chi connectivity index (χ4v) is 2.07. The van der Waals surface area contributed by atoms with Gasteiger partial charge in [0.25, 0.3) is 0 Å². The summed E-state index contributed by atoms with van der Waals surface area (Å²) >= 11 is 3.32. The molecule has 0 aliphatic heterocycles. The second-order valence-corrected chi connectivity index (χ2v) is 5.55. The van der Waals surface area contributed by atoms with Gasteiger partial charge in [-0.2, -0.15) is 5.48 Å². The van der Waals surface area contributed by atoms with E-state index >= 15 is 0 Å². The third kappa shape index (κ3) is 5.91. The highest BCUT2D eigenvalue weighted by Gasteiger charge is 2.11. The van der Waals surface area contributed by atoms with Crippen LogP contribution in [-0.4, -0.2) is 29.0 Å². The summed E-state index contributed by atoms with van der Waals surface area (Å²) in [6.07, 6.45) is 0.124. The quantitative estimate of drug-likeness (QED) is 0.338. The molecule has 23 heavy (non-hydrogen) atoms. The molecule has 2 aromatic carbocycles. The van der Waals surface area contributed by atoms with Crippen LogP contribution in [0.4, 0.5) is 5.69 Å². The number of halogens is 1. The molecule has 0 aliphatic carbocycles. The van der Waals surface area contributed by atoms with Crippen molar-refractivity contribution in [3.8, 4) is 0 Å². The number of carbonyl (C=O) groups is 2. The van der Waals surface area contributed by atoms with Crippen LogP contribution in [0.5, 0.6) is 0 Å². The Bertz CT molecular complexity index is 655. The Morgan fingerprint density at radius 1 is 1.04 bits per heavy atom. The summed E-state index contributed by atoms with van der Waals surface area (Å²) in [5.41, 5.74) is 2.81. The van der Waals surface area contributed by atoms with Crippen LogP contribution in [0.1, 0.15) is 15.9 Å². The van der Waals surface area contributed by atoms with Crippen LogP contribution in [0, 0.1) is 0 Å². The van der Waals surface area contributed by atoms with E-state index in [1.54, 1.807) is 24.3 Å². The van der Waals surface area contributed by atoms with Crippen molar-refractivity contribution >= 4 is 33.4 Å². The minimum atomic E-state index is -0.448. The second-order valence-electron chi connectivity index (χ2n) is 4.64. The van der Waals surface area contributed by atoms with Crippen LogP contribution < -0.4 is 5.48 Å². The number of ketones is 1. The largest absolute Gasteiger partial charge is 0.457 e. The first-order valence-corrected chi connectivity index (χ1v) is 7.38. The molecule has 7 heteroatoms. The molecule has 0 atom stereocenters. The molecule has 2 aromatic rings. The Morgan fingerprint density at radius 3 is 2.22 bits per heavy atom. The van der Waals surface area contributed by atoms with E-state index in [1.165, 1.54) is 0 Å². The number of hydrogen-bond acceptors (Lipinski definition) is 4. The fraction of sp³-hybridized carbons (Fsp3) is 0.125. The Hall–Kier alpha value is -2.06. The zero-order valence-corrected chi connectivity index (χ0v) is 13.7. The van der Waals surface area contributed by atoms with Crippen molar-refractivity contribution in [3.63, 3.8) is 0 Å². The number of hydrogen-bond donors (Lipinski definition) is 2. The number of carbonyl (C=O) groups excluding carboxylic acids is 2. The van der Waals surface area contributed by atoms with Crippen LogP contribution in [0.15, 0.2) is 53.0 Å². The van der Waals surface area contributed by atoms with Gasteiger partial charge in [-0.1, -0.05) is 28.1 Å². The summed E-state index contributed by atoms with van der Waals surface area (Å²) < 4.78 is 5.93. The lowest BCUT2D eigenvalue weighted by Gasteiger charge is -2.05. The van der Waals surface area contributed by atoms with Crippen molar-refractivity contribution in [2.24, 2.45) is 0 Å². The van der Waals surface area contributed by atoms with Crippen LogP contribution >= 0.6 is 15.9 Å². The normalized spacial score (nSPS) is 9.83. The minimum Gasteiger partial charge on any atom is -0.457 e. The van der Waals surface area contributed by atoms with Gasteiger partial charge in [0.1, 0.15) is 0 Å². The van der Waals surface area contributed by atoms with E-state index in [9.17, 15) is 9.59 Å². The summed E-state index contributed by atoms with van der Waals surface area (Å²) in [5.74, 6) is -0.732. The average Bonchev–Trinajstić information content (AvgIpc) is 2.55. The predicted octanol–water partition coefficient (Wildman–Crippen LogP) is 1.18. The molecule has 0 saturated heterocycles. The Morgan fingerprint density at radius 2 is 1.65 bits per heavy atom. The van der Waals surface area contributed by atoms with Gasteiger partial charge in [-0.05, 0) is 29.8 Å². The number of quaternary nitrogens is 1. The maximum Gasteiger partial charge on any atom is 0.310 e. The Labute approximate surface area is 141 Å². The van der Waals surface area contributed by atoms with Gasteiger partial charge in [0.05, 0.1) is 6.42 Å². The molecule has 122 valence electrons. The maximum absolute atomic E-state index is 11.9. The molecule has 0 aromatic heterocycles. The SMILES string of the molecule is O.O=C(Cc1ccc(Br)cc1)OCC(=O)c1ccc([NH2+]O)cc1. The highest BCUT2D eigenvalue weighted by atomic mass is 79.9. The molecule has 0 saturated carbocycles. The first kappa shape index (κ1) is 19.0. The molecular formula is C16H17BrNO5+. The number of Topliss-reactive ketones (excluding diaryl/α,β-unsaturated/α-hetero) is 1. The first-order chi connectivity index (χ1) is 10.6. The highest BCUT2D eigenvalue weighted by molar-refractivity contribution is 9.10. The molecule has 0 bridgehead atoms. The molecule has 6 nitrogen and oxygen atoms in total. The van der Waals surface area contributed by atoms with Gasteiger partial charge in [-0.3, -0.25) is 9.59 Å². The van der Waals surface area contributed by atoms with Gasteiger partial charge in [-0.15, -0.1) is 0 Å². The lowest BCUT2D eigenvalue weighted by molar-refractivity contribution is -0.825. The van der Waals surface area contributed by atoms with E-state index in [0.717, 1.165) is 15.5 Å². The molecule has 0 heterocycles. The molecular weight excluding hydrogens is 366 g/mol. The topological polar surface area (TPSA) is 112 Å². The van der Waals surface area contributed by atoms with Crippen molar-refractivity contribution in [2.45, 2.75) is 6.42 Å². The van der Waals surface area contributed by atoms with Gasteiger partial charge < -0.3 is 10.2 Å². The van der Waals surface area contributed by atoms with Crippen molar-refractivity contribution in [1.82, 2.24) is 0 Å². The standard InChI is InChI=1S/C16H14BrNO4.H2O/c17-13-5-1-11(2-6-13)9-16(20)22-10-15(19)12-3-7-14(18-21)8-4-12;/h1-8,18,21H,9-10H2;1H2/p+1. The summed E-state index contributed by atoms with van der Waals surface area (Å²) in [5, 5.41) is 8.82. The number of nitrogens with two attached hydrogens (primary N) is 1. The van der Waals surface area contributed by atoms with Gasteiger partial charge in [0.15, 0.2) is 18.1 Å². The molecule has 0 radical (unpaired) electrons. The first-order valence-electron chi connectivity index (χ1n) is 6.59. The van der Waals surface area contributed by atoms with Gasteiger partial charge in [-0.25, -0.2) is 5.21 Å². The second kappa shape index (κ2) is 9.16.